The number of aliphatic hydroxyl groups excluding tert-OH is 1. The first-order valence-corrected chi connectivity index (χ1v) is 8.43. The first-order valence-electron chi connectivity index (χ1n) is 8.43. The van der Waals surface area contributed by atoms with Crippen LogP contribution in [0, 0.1) is 0 Å². The molecule has 3 nitrogen and oxygen atoms in total. The molecular weight excluding hydrogens is 262 g/mol. The van der Waals surface area contributed by atoms with Gasteiger partial charge in [-0.25, -0.2) is 0 Å². The van der Waals surface area contributed by atoms with Crippen molar-refractivity contribution in [3.8, 4) is 5.75 Å². The molecule has 1 aliphatic carbocycles. The van der Waals surface area contributed by atoms with E-state index >= 15 is 0 Å². The van der Waals surface area contributed by atoms with Crippen LogP contribution < -0.4 is 10.1 Å². The van der Waals surface area contributed by atoms with Gasteiger partial charge in [-0.15, -0.1) is 0 Å². The summed E-state index contributed by atoms with van der Waals surface area (Å²) in [4.78, 5) is 0. The first kappa shape index (κ1) is 16.3. The molecule has 0 amide bonds. The van der Waals surface area contributed by atoms with Gasteiger partial charge in [0.15, 0.2) is 0 Å². The molecule has 0 heterocycles. The van der Waals surface area contributed by atoms with Gasteiger partial charge in [0.05, 0.1) is 12.7 Å². The van der Waals surface area contributed by atoms with E-state index in [0.29, 0.717) is 0 Å². The van der Waals surface area contributed by atoms with Gasteiger partial charge in [0.2, 0.25) is 0 Å². The lowest BCUT2D eigenvalue weighted by atomic mass is 10.1. The monoisotopic (exact) mass is 291 g/mol. The summed E-state index contributed by atoms with van der Waals surface area (Å²) in [6.45, 7) is 3.78. The van der Waals surface area contributed by atoms with Crippen LogP contribution in [0.5, 0.6) is 5.75 Å². The summed E-state index contributed by atoms with van der Waals surface area (Å²) < 4.78 is 5.67. The zero-order valence-corrected chi connectivity index (χ0v) is 13.2. The highest BCUT2D eigenvalue weighted by molar-refractivity contribution is 5.27. The van der Waals surface area contributed by atoms with Crippen LogP contribution in [0.4, 0.5) is 0 Å². The summed E-state index contributed by atoms with van der Waals surface area (Å²) in [6.07, 6.45) is 7.71. The van der Waals surface area contributed by atoms with E-state index in [4.69, 9.17) is 4.74 Å². The second kappa shape index (κ2) is 9.06. The minimum atomic E-state index is -0.191. The fourth-order valence-electron chi connectivity index (χ4n) is 2.81. The maximum atomic E-state index is 10.1. The van der Waals surface area contributed by atoms with E-state index < -0.39 is 0 Å². The van der Waals surface area contributed by atoms with Crippen molar-refractivity contribution in [2.75, 3.05) is 6.61 Å². The van der Waals surface area contributed by atoms with Gasteiger partial charge >= 0.3 is 0 Å². The second-order valence-electron chi connectivity index (χ2n) is 6.04. The third-order valence-electron chi connectivity index (χ3n) is 4.24. The smallest absolute Gasteiger partial charge is 0.119 e. The van der Waals surface area contributed by atoms with Gasteiger partial charge in [-0.05, 0) is 37.0 Å². The average molecular weight is 291 g/mol. The van der Waals surface area contributed by atoms with Crippen LogP contribution in [0.3, 0.4) is 0 Å². The number of unbranched alkanes of at least 4 members (excludes halogenated alkanes) is 1. The predicted octanol–water partition coefficient (Wildman–Crippen LogP) is 3.65. The quantitative estimate of drug-likeness (QED) is 0.595. The van der Waals surface area contributed by atoms with Crippen molar-refractivity contribution in [1.29, 1.82) is 0 Å². The topological polar surface area (TPSA) is 41.5 Å². The molecule has 0 radical (unpaired) electrons. The SMILES string of the molecule is CCCCOc1ccc(CNC2CCCCCC2O)cc1. The largest absolute Gasteiger partial charge is 0.494 e. The number of rotatable bonds is 7. The Bertz CT molecular complexity index is 391. The van der Waals surface area contributed by atoms with E-state index in [2.05, 4.69) is 24.4 Å². The van der Waals surface area contributed by atoms with Crippen molar-refractivity contribution in [2.24, 2.45) is 0 Å². The molecule has 1 fully saturated rings. The van der Waals surface area contributed by atoms with Crippen molar-refractivity contribution in [3.05, 3.63) is 29.8 Å². The lowest BCUT2D eigenvalue weighted by Gasteiger charge is -2.22. The molecular formula is C18H29NO2. The molecule has 0 saturated heterocycles. The summed E-state index contributed by atoms with van der Waals surface area (Å²) >= 11 is 0. The predicted molar refractivity (Wildman–Crippen MR) is 86.6 cm³/mol. The summed E-state index contributed by atoms with van der Waals surface area (Å²) in [5.74, 6) is 0.946. The summed E-state index contributed by atoms with van der Waals surface area (Å²) in [5.41, 5.74) is 1.24. The summed E-state index contributed by atoms with van der Waals surface area (Å²) in [7, 11) is 0. The first-order chi connectivity index (χ1) is 10.3. The lowest BCUT2D eigenvalue weighted by Crippen LogP contribution is -2.38. The van der Waals surface area contributed by atoms with Gasteiger partial charge in [0.25, 0.3) is 0 Å². The minimum Gasteiger partial charge on any atom is -0.494 e. The number of ether oxygens (including phenoxy) is 1. The van der Waals surface area contributed by atoms with E-state index in [1.807, 2.05) is 12.1 Å². The fraction of sp³-hybridized carbons (Fsp3) is 0.667. The number of hydrogen-bond acceptors (Lipinski definition) is 3. The lowest BCUT2D eigenvalue weighted by molar-refractivity contribution is 0.119. The van der Waals surface area contributed by atoms with Crippen LogP contribution in [0.1, 0.15) is 57.4 Å². The van der Waals surface area contributed by atoms with Crippen molar-refractivity contribution in [1.82, 2.24) is 5.32 Å². The molecule has 2 atom stereocenters. The normalized spacial score (nSPS) is 22.8. The van der Waals surface area contributed by atoms with Crippen molar-refractivity contribution in [2.45, 2.75) is 70.6 Å². The molecule has 2 rings (SSSR count). The Labute approximate surface area is 128 Å². The van der Waals surface area contributed by atoms with Crippen molar-refractivity contribution >= 4 is 0 Å². The molecule has 1 aliphatic rings. The molecule has 1 saturated carbocycles. The highest BCUT2D eigenvalue weighted by Gasteiger charge is 2.20. The van der Waals surface area contributed by atoms with Gasteiger partial charge in [0, 0.05) is 12.6 Å². The molecule has 0 aliphatic heterocycles. The molecule has 1 aromatic carbocycles. The van der Waals surface area contributed by atoms with E-state index in [1.54, 1.807) is 0 Å². The number of hydrogen-bond donors (Lipinski definition) is 2. The van der Waals surface area contributed by atoms with Gasteiger partial charge in [0.1, 0.15) is 5.75 Å². The summed E-state index contributed by atoms with van der Waals surface area (Å²) in [5, 5.41) is 13.6. The highest BCUT2D eigenvalue weighted by atomic mass is 16.5. The van der Waals surface area contributed by atoms with Crippen LogP contribution in [-0.4, -0.2) is 23.9 Å². The Morgan fingerprint density at radius 3 is 2.67 bits per heavy atom. The Balaban J connectivity index is 1.77. The van der Waals surface area contributed by atoms with Crippen LogP contribution in [0.15, 0.2) is 24.3 Å². The van der Waals surface area contributed by atoms with Gasteiger partial charge in [-0.3, -0.25) is 0 Å². The molecule has 118 valence electrons. The van der Waals surface area contributed by atoms with E-state index in [9.17, 15) is 5.11 Å². The third-order valence-corrected chi connectivity index (χ3v) is 4.24. The maximum absolute atomic E-state index is 10.1. The van der Waals surface area contributed by atoms with E-state index in [0.717, 1.165) is 51.0 Å². The number of aliphatic hydroxyl groups is 1. The molecule has 0 spiro atoms. The minimum absolute atomic E-state index is 0.191. The third kappa shape index (κ3) is 5.68. The Morgan fingerprint density at radius 2 is 1.90 bits per heavy atom. The zero-order chi connectivity index (χ0) is 14.9. The van der Waals surface area contributed by atoms with Crippen LogP contribution in [0.25, 0.3) is 0 Å². The fourth-order valence-corrected chi connectivity index (χ4v) is 2.81. The maximum Gasteiger partial charge on any atom is 0.119 e. The Morgan fingerprint density at radius 1 is 1.14 bits per heavy atom. The molecule has 2 N–H and O–H groups in total. The van der Waals surface area contributed by atoms with Gasteiger partial charge < -0.3 is 15.2 Å². The van der Waals surface area contributed by atoms with E-state index in [1.165, 1.54) is 18.4 Å². The van der Waals surface area contributed by atoms with Crippen LogP contribution in [-0.2, 0) is 6.54 Å². The standard InChI is InChI=1S/C18H29NO2/c1-2-3-13-21-16-11-9-15(10-12-16)14-19-17-7-5-4-6-8-18(17)20/h9-12,17-20H,2-8,13-14H2,1H3. The summed E-state index contributed by atoms with van der Waals surface area (Å²) in [6, 6.07) is 8.54. The Hall–Kier alpha value is -1.06. The van der Waals surface area contributed by atoms with E-state index in [-0.39, 0.29) is 12.1 Å². The Kier molecular flexibility index (Phi) is 7.04. The average Bonchev–Trinajstić information content (AvgIpc) is 2.71. The number of benzene rings is 1. The highest BCUT2D eigenvalue weighted by Crippen LogP contribution is 2.19. The van der Waals surface area contributed by atoms with Crippen LogP contribution in [0.2, 0.25) is 0 Å². The molecule has 21 heavy (non-hydrogen) atoms. The van der Waals surface area contributed by atoms with Crippen molar-refractivity contribution in [3.63, 3.8) is 0 Å². The van der Waals surface area contributed by atoms with Gasteiger partial charge in [-0.1, -0.05) is 44.7 Å². The zero-order valence-electron chi connectivity index (χ0n) is 13.2. The molecule has 0 aromatic heterocycles. The molecule has 1 aromatic rings. The molecule has 3 heteroatoms. The molecule has 2 unspecified atom stereocenters. The van der Waals surface area contributed by atoms with Crippen LogP contribution >= 0.6 is 0 Å². The number of nitrogens with one attached hydrogen (secondary N) is 1. The van der Waals surface area contributed by atoms with Gasteiger partial charge in [-0.2, -0.15) is 0 Å². The second-order valence-corrected chi connectivity index (χ2v) is 6.04. The van der Waals surface area contributed by atoms with Crippen molar-refractivity contribution < 1.29 is 9.84 Å². The molecule has 0 bridgehead atoms.